The summed E-state index contributed by atoms with van der Waals surface area (Å²) in [6, 6.07) is 0. The zero-order chi connectivity index (χ0) is 26.8. The Balaban J connectivity index is 5.30. The summed E-state index contributed by atoms with van der Waals surface area (Å²) in [5.41, 5.74) is 1.08. The van der Waals surface area contributed by atoms with Gasteiger partial charge in [-0.15, -0.1) is 0 Å². The van der Waals surface area contributed by atoms with E-state index in [0.29, 0.717) is 16.2 Å². The number of hydrogen-bond donors (Lipinski definition) is 1. The van der Waals surface area contributed by atoms with Crippen LogP contribution in [0.2, 0.25) is 0 Å². The zero-order valence-corrected chi connectivity index (χ0v) is 27.2. The summed E-state index contributed by atoms with van der Waals surface area (Å²) in [5, 5.41) is 0. The van der Waals surface area contributed by atoms with E-state index in [-0.39, 0.29) is 4.75 Å². The molecule has 0 saturated heterocycles. The van der Waals surface area contributed by atoms with Crippen molar-refractivity contribution >= 4 is 12.6 Å². The Labute approximate surface area is 230 Å². The van der Waals surface area contributed by atoms with E-state index in [4.69, 9.17) is 12.6 Å². The minimum atomic E-state index is 0.120. The summed E-state index contributed by atoms with van der Waals surface area (Å²) in [4.78, 5) is 0. The fourth-order valence-electron chi connectivity index (χ4n) is 8.97. The predicted octanol–water partition coefficient (Wildman–Crippen LogP) is 13.0. The second-order valence-corrected chi connectivity index (χ2v) is 12.8. The Hall–Kier alpha value is 0.350. The maximum atomic E-state index is 5.56. The minimum absolute atomic E-state index is 0.120. The molecule has 0 amide bonds. The SMILES string of the molecule is CCCCCCCCCCCCCCC(CC)(CC)C(CC)(CC)C(CC)(CC)C(S)(CC)CC. The topological polar surface area (TPSA) is 0 Å². The molecule has 0 radical (unpaired) electrons. The lowest BCUT2D eigenvalue weighted by molar-refractivity contribution is -0.136. The first-order valence-corrected chi connectivity index (χ1v) is 17.0. The van der Waals surface area contributed by atoms with Gasteiger partial charge < -0.3 is 0 Å². The molecule has 1 heteroatoms. The molecule has 0 heterocycles. The third-order valence-corrected chi connectivity index (χ3v) is 12.3. The van der Waals surface area contributed by atoms with E-state index < -0.39 is 0 Å². The van der Waals surface area contributed by atoms with Crippen LogP contribution in [0.4, 0.5) is 0 Å². The second-order valence-electron chi connectivity index (χ2n) is 11.9. The van der Waals surface area contributed by atoms with Gasteiger partial charge in [-0.3, -0.25) is 0 Å². The minimum Gasteiger partial charge on any atom is -0.172 e. The third kappa shape index (κ3) is 8.17. The standard InChI is InChI=1S/C34H70S/c1-10-19-20-21-22-23-24-25-26-27-28-29-30-31(11-2,12-3)32(13-4,14-5)33(15-6,16-7)34(35,17-8)18-9/h35H,10-30H2,1-9H3. The van der Waals surface area contributed by atoms with Gasteiger partial charge in [-0.05, 0) is 74.0 Å². The highest BCUT2D eigenvalue weighted by Crippen LogP contribution is 2.69. The zero-order valence-electron chi connectivity index (χ0n) is 26.3. The van der Waals surface area contributed by atoms with Gasteiger partial charge in [0.1, 0.15) is 0 Å². The van der Waals surface area contributed by atoms with Crippen molar-refractivity contribution < 1.29 is 0 Å². The predicted molar refractivity (Wildman–Crippen MR) is 167 cm³/mol. The number of rotatable bonds is 24. The molecule has 0 saturated carbocycles. The summed E-state index contributed by atoms with van der Waals surface area (Å²) in [5.74, 6) is 0. The van der Waals surface area contributed by atoms with Gasteiger partial charge in [0, 0.05) is 4.75 Å². The average molecular weight is 511 g/mol. The fraction of sp³-hybridized carbons (Fsp3) is 1.00. The van der Waals surface area contributed by atoms with E-state index in [1.54, 1.807) is 0 Å². The maximum Gasteiger partial charge on any atom is 0.0186 e. The molecule has 0 aliphatic carbocycles. The average Bonchev–Trinajstić information content (AvgIpc) is 2.90. The van der Waals surface area contributed by atoms with Crippen molar-refractivity contribution in [2.24, 2.45) is 16.2 Å². The van der Waals surface area contributed by atoms with Crippen LogP contribution < -0.4 is 0 Å². The summed E-state index contributed by atoms with van der Waals surface area (Å²) in [7, 11) is 0. The molecule has 0 fully saturated rings. The Morgan fingerprint density at radius 2 is 0.714 bits per heavy atom. The third-order valence-electron chi connectivity index (χ3n) is 11.3. The number of hydrogen-bond acceptors (Lipinski definition) is 1. The highest BCUT2D eigenvalue weighted by molar-refractivity contribution is 7.81. The molecule has 35 heavy (non-hydrogen) atoms. The molecule has 0 aromatic heterocycles. The van der Waals surface area contributed by atoms with Gasteiger partial charge in [-0.2, -0.15) is 12.6 Å². The summed E-state index contributed by atoms with van der Waals surface area (Å²) >= 11 is 5.56. The van der Waals surface area contributed by atoms with Crippen LogP contribution in [0.5, 0.6) is 0 Å². The Bertz CT molecular complexity index is 477. The molecule has 0 aromatic rings. The van der Waals surface area contributed by atoms with Crippen LogP contribution in [0.3, 0.4) is 0 Å². The van der Waals surface area contributed by atoms with Gasteiger partial charge in [0.15, 0.2) is 0 Å². The van der Waals surface area contributed by atoms with Crippen LogP contribution in [0.1, 0.15) is 197 Å². The molecule has 0 atom stereocenters. The molecular weight excluding hydrogens is 440 g/mol. The van der Waals surface area contributed by atoms with Crippen molar-refractivity contribution in [3.63, 3.8) is 0 Å². The molecule has 0 bridgehead atoms. The van der Waals surface area contributed by atoms with Crippen LogP contribution in [-0.2, 0) is 0 Å². The fourth-order valence-corrected chi connectivity index (χ4v) is 9.50. The molecule has 0 N–H and O–H groups in total. The highest BCUT2D eigenvalue weighted by atomic mass is 32.1. The van der Waals surface area contributed by atoms with E-state index in [1.165, 1.54) is 135 Å². The van der Waals surface area contributed by atoms with E-state index in [2.05, 4.69) is 62.3 Å². The molecule has 0 aromatic carbocycles. The van der Waals surface area contributed by atoms with E-state index in [1.807, 2.05) is 0 Å². The van der Waals surface area contributed by atoms with Gasteiger partial charge in [0.2, 0.25) is 0 Å². The molecule has 0 rings (SSSR count). The Morgan fingerprint density at radius 3 is 1.00 bits per heavy atom. The van der Waals surface area contributed by atoms with Crippen LogP contribution in [0, 0.1) is 16.2 Å². The largest absolute Gasteiger partial charge is 0.172 e. The molecule has 0 spiro atoms. The lowest BCUT2D eigenvalue weighted by Crippen LogP contribution is -2.61. The highest BCUT2D eigenvalue weighted by Gasteiger charge is 2.62. The molecule has 0 aliphatic heterocycles. The van der Waals surface area contributed by atoms with E-state index in [9.17, 15) is 0 Å². The maximum absolute atomic E-state index is 5.56. The summed E-state index contributed by atoms with van der Waals surface area (Å²) in [6.07, 6.45) is 28.8. The molecular formula is C34H70S. The van der Waals surface area contributed by atoms with Gasteiger partial charge in [-0.25, -0.2) is 0 Å². The Morgan fingerprint density at radius 1 is 0.371 bits per heavy atom. The monoisotopic (exact) mass is 511 g/mol. The summed E-state index contributed by atoms with van der Waals surface area (Å²) in [6.45, 7) is 22.1. The second kappa shape index (κ2) is 18.6. The molecule has 212 valence electrons. The Kier molecular flexibility index (Phi) is 18.8. The van der Waals surface area contributed by atoms with Crippen LogP contribution >= 0.6 is 12.6 Å². The lowest BCUT2D eigenvalue weighted by atomic mass is 9.40. The van der Waals surface area contributed by atoms with Crippen molar-refractivity contribution in [1.29, 1.82) is 0 Å². The molecule has 0 nitrogen and oxygen atoms in total. The normalized spacial score (nSPS) is 13.5. The van der Waals surface area contributed by atoms with E-state index >= 15 is 0 Å². The molecule has 0 unspecified atom stereocenters. The first-order chi connectivity index (χ1) is 16.8. The van der Waals surface area contributed by atoms with Crippen LogP contribution in [0.15, 0.2) is 0 Å². The van der Waals surface area contributed by atoms with Crippen molar-refractivity contribution in [3.05, 3.63) is 0 Å². The quantitative estimate of drug-likeness (QED) is 0.0968. The van der Waals surface area contributed by atoms with Gasteiger partial charge in [0.05, 0.1) is 0 Å². The van der Waals surface area contributed by atoms with Gasteiger partial charge in [-0.1, -0.05) is 139 Å². The van der Waals surface area contributed by atoms with Crippen LogP contribution in [-0.4, -0.2) is 4.75 Å². The number of thiol groups is 1. The molecule has 0 aliphatic rings. The first-order valence-electron chi connectivity index (χ1n) is 16.5. The van der Waals surface area contributed by atoms with Crippen molar-refractivity contribution in [1.82, 2.24) is 0 Å². The van der Waals surface area contributed by atoms with E-state index in [0.717, 1.165) is 0 Å². The van der Waals surface area contributed by atoms with Crippen molar-refractivity contribution in [2.45, 2.75) is 202 Å². The number of unbranched alkanes of at least 4 members (excludes halogenated alkanes) is 11. The summed E-state index contributed by atoms with van der Waals surface area (Å²) < 4.78 is 0.120. The van der Waals surface area contributed by atoms with Crippen molar-refractivity contribution in [3.8, 4) is 0 Å². The first kappa shape index (κ1) is 35.4. The smallest absolute Gasteiger partial charge is 0.0186 e. The lowest BCUT2D eigenvalue weighted by Gasteiger charge is -2.66. The van der Waals surface area contributed by atoms with Gasteiger partial charge >= 0.3 is 0 Å². The van der Waals surface area contributed by atoms with Gasteiger partial charge in [0.25, 0.3) is 0 Å². The van der Waals surface area contributed by atoms with Crippen LogP contribution in [0.25, 0.3) is 0 Å². The van der Waals surface area contributed by atoms with Crippen molar-refractivity contribution in [2.75, 3.05) is 0 Å².